The van der Waals surface area contributed by atoms with Crippen LogP contribution in [0.1, 0.15) is 11.1 Å². The summed E-state index contributed by atoms with van der Waals surface area (Å²) in [5.74, 6) is 0. The van der Waals surface area contributed by atoms with Gasteiger partial charge in [-0.2, -0.15) is 0 Å². The Kier molecular flexibility index (Phi) is 7.30. The minimum Gasteiger partial charge on any atom is -0.0897 e. The van der Waals surface area contributed by atoms with Gasteiger partial charge in [0.2, 0.25) is 0 Å². The Morgan fingerprint density at radius 3 is 1.06 bits per heavy atom. The molecular formula is C32H34Si2. The first-order valence-corrected chi connectivity index (χ1v) is 18.2. The molecule has 0 atom stereocenters. The van der Waals surface area contributed by atoms with Gasteiger partial charge in [0, 0.05) is 0 Å². The number of hydrogen-bond donors (Lipinski definition) is 0. The first kappa shape index (κ1) is 23.9. The summed E-state index contributed by atoms with van der Waals surface area (Å²) in [6.07, 6.45) is 4.55. The van der Waals surface area contributed by atoms with E-state index in [9.17, 15) is 0 Å². The van der Waals surface area contributed by atoms with Gasteiger partial charge in [-0.1, -0.05) is 169 Å². The van der Waals surface area contributed by atoms with Crippen LogP contribution in [0.15, 0.2) is 121 Å². The van der Waals surface area contributed by atoms with Gasteiger partial charge in [0.1, 0.15) is 16.1 Å². The lowest BCUT2D eigenvalue weighted by atomic mass is 10.1. The molecule has 170 valence electrons. The van der Waals surface area contributed by atoms with Crippen molar-refractivity contribution in [2.75, 3.05) is 0 Å². The highest BCUT2D eigenvalue weighted by Crippen LogP contribution is 2.20. The van der Waals surface area contributed by atoms with E-state index in [1.165, 1.54) is 32.6 Å². The zero-order chi connectivity index (χ0) is 24.0. The molecule has 4 rings (SSSR count). The smallest absolute Gasteiger partial charge is 0.0897 e. The maximum Gasteiger partial charge on any atom is 0.104 e. The van der Waals surface area contributed by atoms with Crippen molar-refractivity contribution in [3.05, 3.63) is 132 Å². The van der Waals surface area contributed by atoms with E-state index in [-0.39, 0.29) is 0 Å². The summed E-state index contributed by atoms with van der Waals surface area (Å²) < 4.78 is 0. The van der Waals surface area contributed by atoms with Crippen LogP contribution in [0, 0.1) is 0 Å². The molecule has 0 N–H and O–H groups in total. The lowest BCUT2D eigenvalue weighted by Crippen LogP contribution is -2.39. The second-order valence-electron chi connectivity index (χ2n) is 10.1. The molecule has 0 unspecified atom stereocenters. The normalized spacial score (nSPS) is 12.5. The van der Waals surface area contributed by atoms with Crippen molar-refractivity contribution in [3.8, 4) is 11.1 Å². The fraction of sp³-hybridized carbons (Fsp3) is 0.125. The summed E-state index contributed by atoms with van der Waals surface area (Å²) in [5, 5.41) is 2.92. The van der Waals surface area contributed by atoms with Crippen LogP contribution in [0.2, 0.25) is 26.2 Å². The summed E-state index contributed by atoms with van der Waals surface area (Å²) in [6.45, 7) is 9.63. The molecule has 0 bridgehead atoms. The van der Waals surface area contributed by atoms with E-state index in [4.69, 9.17) is 0 Å². The van der Waals surface area contributed by atoms with Gasteiger partial charge < -0.3 is 0 Å². The van der Waals surface area contributed by atoms with Crippen molar-refractivity contribution in [3.63, 3.8) is 0 Å². The van der Waals surface area contributed by atoms with E-state index < -0.39 is 16.1 Å². The van der Waals surface area contributed by atoms with Crippen molar-refractivity contribution in [2.45, 2.75) is 26.2 Å². The van der Waals surface area contributed by atoms with Crippen LogP contribution in [0.4, 0.5) is 0 Å². The van der Waals surface area contributed by atoms with Crippen LogP contribution in [-0.4, -0.2) is 16.1 Å². The predicted molar refractivity (Wildman–Crippen MR) is 157 cm³/mol. The van der Waals surface area contributed by atoms with E-state index in [0.717, 1.165) is 0 Å². The van der Waals surface area contributed by atoms with Crippen LogP contribution < -0.4 is 10.4 Å². The molecule has 0 heterocycles. The van der Waals surface area contributed by atoms with E-state index in [1.54, 1.807) is 0 Å². The van der Waals surface area contributed by atoms with E-state index in [1.807, 2.05) is 0 Å². The SMILES string of the molecule is C[Si](C)(/C=C/c1ccccc1)c1ccc(-c2ccc([Si](C)(C)/C=C/c3ccccc3)cc2)cc1. The van der Waals surface area contributed by atoms with Gasteiger partial charge in [-0.25, -0.2) is 0 Å². The van der Waals surface area contributed by atoms with Crippen LogP contribution in [-0.2, 0) is 0 Å². The van der Waals surface area contributed by atoms with Crippen molar-refractivity contribution in [2.24, 2.45) is 0 Å². The lowest BCUT2D eigenvalue weighted by molar-refractivity contribution is 1.62. The molecule has 0 saturated heterocycles. The monoisotopic (exact) mass is 474 g/mol. The third-order valence-corrected chi connectivity index (χ3v) is 12.2. The summed E-state index contributed by atoms with van der Waals surface area (Å²) in [7, 11) is -3.28. The van der Waals surface area contributed by atoms with E-state index in [2.05, 4.69) is 159 Å². The number of hydrogen-bond acceptors (Lipinski definition) is 0. The van der Waals surface area contributed by atoms with Crippen molar-refractivity contribution in [1.29, 1.82) is 0 Å². The standard InChI is InChI=1S/C32H34Si2/c1-33(2,25-23-27-11-7-5-8-12-27)31-19-15-29(16-20-31)30-17-21-32(22-18-30)34(3,4)26-24-28-13-9-6-10-14-28/h5-26H,1-4H3/b25-23+,26-24+. The number of benzene rings is 4. The molecule has 0 amide bonds. The zero-order valence-electron chi connectivity index (χ0n) is 20.7. The molecular weight excluding hydrogens is 441 g/mol. The van der Waals surface area contributed by atoms with E-state index in [0.29, 0.717) is 0 Å². The molecule has 0 radical (unpaired) electrons. The highest BCUT2D eigenvalue weighted by atomic mass is 28.3. The molecule has 2 heteroatoms. The summed E-state index contributed by atoms with van der Waals surface area (Å²) in [4.78, 5) is 0. The van der Waals surface area contributed by atoms with Gasteiger partial charge in [0.15, 0.2) is 0 Å². The molecule has 0 aromatic heterocycles. The maximum atomic E-state index is 2.43. The molecule has 4 aromatic carbocycles. The Balaban J connectivity index is 1.48. The molecule has 0 aliphatic carbocycles. The summed E-state index contributed by atoms with van der Waals surface area (Å²) in [5.41, 5.74) is 9.97. The molecule has 0 nitrogen and oxygen atoms in total. The molecule has 0 aliphatic rings. The lowest BCUT2D eigenvalue weighted by Gasteiger charge is -2.20. The van der Waals surface area contributed by atoms with Crippen LogP contribution in [0.25, 0.3) is 23.3 Å². The van der Waals surface area contributed by atoms with Crippen molar-refractivity contribution in [1.82, 2.24) is 0 Å². The minimum absolute atomic E-state index is 1.27. The molecule has 0 saturated carbocycles. The quantitative estimate of drug-likeness (QED) is 0.241. The largest absolute Gasteiger partial charge is 0.104 e. The Labute approximate surface area is 207 Å². The molecule has 0 spiro atoms. The third kappa shape index (κ3) is 6.02. The maximum absolute atomic E-state index is 2.43. The first-order chi connectivity index (χ1) is 16.3. The van der Waals surface area contributed by atoms with Gasteiger partial charge in [-0.3, -0.25) is 0 Å². The zero-order valence-corrected chi connectivity index (χ0v) is 22.7. The number of rotatable bonds is 7. The molecule has 4 aromatic rings. The molecule has 0 fully saturated rings. The third-order valence-electron chi connectivity index (χ3n) is 6.58. The Bertz CT molecular complexity index is 1150. The fourth-order valence-electron chi connectivity index (χ4n) is 4.11. The topological polar surface area (TPSA) is 0 Å². The first-order valence-electron chi connectivity index (χ1n) is 12.0. The Hall–Kier alpha value is -3.21. The van der Waals surface area contributed by atoms with Crippen LogP contribution >= 0.6 is 0 Å². The Morgan fingerprint density at radius 1 is 0.412 bits per heavy atom. The fourth-order valence-corrected chi connectivity index (χ4v) is 7.77. The van der Waals surface area contributed by atoms with Gasteiger partial charge in [-0.15, -0.1) is 0 Å². The van der Waals surface area contributed by atoms with Gasteiger partial charge >= 0.3 is 0 Å². The van der Waals surface area contributed by atoms with Gasteiger partial charge in [0.05, 0.1) is 0 Å². The Morgan fingerprint density at radius 2 is 0.735 bits per heavy atom. The average Bonchev–Trinajstić information content (AvgIpc) is 2.88. The molecule has 34 heavy (non-hydrogen) atoms. The second-order valence-corrected chi connectivity index (χ2v) is 18.8. The highest BCUT2D eigenvalue weighted by Gasteiger charge is 2.21. The average molecular weight is 475 g/mol. The summed E-state index contributed by atoms with van der Waals surface area (Å²) >= 11 is 0. The van der Waals surface area contributed by atoms with Crippen molar-refractivity contribution < 1.29 is 0 Å². The second kappa shape index (κ2) is 10.4. The minimum atomic E-state index is -1.64. The van der Waals surface area contributed by atoms with E-state index >= 15 is 0 Å². The van der Waals surface area contributed by atoms with Crippen LogP contribution in [0.5, 0.6) is 0 Å². The van der Waals surface area contributed by atoms with Crippen molar-refractivity contribution >= 4 is 38.7 Å². The molecule has 0 aliphatic heterocycles. The predicted octanol–water partition coefficient (Wildman–Crippen LogP) is 7.69. The highest BCUT2D eigenvalue weighted by molar-refractivity contribution is 6.94. The summed E-state index contributed by atoms with van der Waals surface area (Å²) in [6, 6.07) is 39.6. The van der Waals surface area contributed by atoms with Crippen LogP contribution in [0.3, 0.4) is 0 Å². The van der Waals surface area contributed by atoms with Gasteiger partial charge in [-0.05, 0) is 22.3 Å². The van der Waals surface area contributed by atoms with Gasteiger partial charge in [0.25, 0.3) is 0 Å².